The average molecular weight is 282 g/mol. The molecule has 3 nitrogen and oxygen atoms in total. The van der Waals surface area contributed by atoms with Crippen molar-refractivity contribution < 1.29 is 5.11 Å². The molecule has 0 aromatic carbocycles. The zero-order valence-corrected chi connectivity index (χ0v) is 13.5. The highest BCUT2D eigenvalue weighted by atomic mass is 16.3. The molecule has 0 bridgehead atoms. The highest BCUT2D eigenvalue weighted by Crippen LogP contribution is 2.36. The molecule has 0 aromatic heterocycles. The van der Waals surface area contributed by atoms with Crippen LogP contribution < -0.4 is 5.32 Å². The van der Waals surface area contributed by atoms with Crippen molar-refractivity contribution in [1.29, 1.82) is 0 Å². The van der Waals surface area contributed by atoms with Crippen LogP contribution in [0.4, 0.5) is 0 Å². The summed E-state index contributed by atoms with van der Waals surface area (Å²) in [7, 11) is 0. The summed E-state index contributed by atoms with van der Waals surface area (Å²) in [6.07, 6.45) is 11.7. The first-order valence-electron chi connectivity index (χ1n) is 8.86. The fraction of sp³-hybridized carbons (Fsp3) is 1.00. The second-order valence-electron chi connectivity index (χ2n) is 6.88. The van der Waals surface area contributed by atoms with E-state index >= 15 is 0 Å². The van der Waals surface area contributed by atoms with Gasteiger partial charge in [0.2, 0.25) is 0 Å². The molecular weight excluding hydrogens is 248 g/mol. The van der Waals surface area contributed by atoms with Gasteiger partial charge in [-0.05, 0) is 51.6 Å². The van der Waals surface area contributed by atoms with Crippen molar-refractivity contribution in [2.24, 2.45) is 0 Å². The number of rotatable bonds is 7. The van der Waals surface area contributed by atoms with Crippen molar-refractivity contribution in [3.05, 3.63) is 0 Å². The third-order valence-corrected chi connectivity index (χ3v) is 5.51. The van der Waals surface area contributed by atoms with Gasteiger partial charge < -0.3 is 10.4 Å². The predicted molar refractivity (Wildman–Crippen MR) is 85.0 cm³/mol. The molecule has 2 rings (SSSR count). The number of nitrogens with one attached hydrogen (secondary N) is 1. The monoisotopic (exact) mass is 282 g/mol. The van der Waals surface area contributed by atoms with Gasteiger partial charge >= 0.3 is 0 Å². The summed E-state index contributed by atoms with van der Waals surface area (Å²) in [6, 6.07) is 1.49. The Balaban J connectivity index is 1.94. The van der Waals surface area contributed by atoms with Crippen molar-refractivity contribution in [1.82, 2.24) is 10.2 Å². The molecule has 2 aliphatic rings. The summed E-state index contributed by atoms with van der Waals surface area (Å²) in [6.45, 7) is 7.01. The number of nitrogens with zero attached hydrogens (tertiary/aromatic N) is 1. The van der Waals surface area contributed by atoms with Crippen LogP contribution >= 0.6 is 0 Å². The standard InChI is InChI=1S/C17H34N2O/c1-3-12-18-17(14-20)11-10-16(13-17)19(4-2)15-8-6-5-7-9-15/h15-16,18,20H,3-14H2,1-2H3. The lowest BCUT2D eigenvalue weighted by molar-refractivity contribution is 0.0976. The summed E-state index contributed by atoms with van der Waals surface area (Å²) in [5, 5.41) is 13.5. The number of hydrogen-bond acceptors (Lipinski definition) is 3. The van der Waals surface area contributed by atoms with Crippen molar-refractivity contribution in [2.45, 2.75) is 89.3 Å². The summed E-state index contributed by atoms with van der Waals surface area (Å²) in [4.78, 5) is 2.75. The Morgan fingerprint density at radius 1 is 1.10 bits per heavy atom. The molecule has 0 spiro atoms. The van der Waals surface area contributed by atoms with Gasteiger partial charge in [-0.25, -0.2) is 0 Å². The van der Waals surface area contributed by atoms with Crippen molar-refractivity contribution in [3.8, 4) is 0 Å². The molecule has 0 heterocycles. The van der Waals surface area contributed by atoms with Crippen LogP contribution in [0.25, 0.3) is 0 Å². The summed E-state index contributed by atoms with van der Waals surface area (Å²) >= 11 is 0. The molecule has 2 N–H and O–H groups in total. The summed E-state index contributed by atoms with van der Waals surface area (Å²) in [5.74, 6) is 0. The fourth-order valence-electron chi connectivity index (χ4n) is 4.36. The molecule has 0 aromatic rings. The molecule has 0 radical (unpaired) electrons. The Morgan fingerprint density at radius 2 is 1.85 bits per heavy atom. The van der Waals surface area contributed by atoms with E-state index < -0.39 is 0 Å². The van der Waals surface area contributed by atoms with E-state index in [1.165, 1.54) is 45.1 Å². The first kappa shape index (κ1) is 16.3. The van der Waals surface area contributed by atoms with Crippen LogP contribution in [0.15, 0.2) is 0 Å². The van der Waals surface area contributed by atoms with Crippen LogP contribution in [0, 0.1) is 0 Å². The normalized spacial score (nSPS) is 32.1. The Kier molecular flexibility index (Phi) is 6.31. The van der Waals surface area contributed by atoms with E-state index in [2.05, 4.69) is 24.1 Å². The minimum absolute atomic E-state index is 0.00274. The first-order chi connectivity index (χ1) is 9.74. The first-order valence-corrected chi connectivity index (χ1v) is 8.86. The molecule has 2 atom stereocenters. The van der Waals surface area contributed by atoms with Crippen LogP contribution in [-0.2, 0) is 0 Å². The van der Waals surface area contributed by atoms with Crippen LogP contribution in [0.3, 0.4) is 0 Å². The maximum Gasteiger partial charge on any atom is 0.0613 e. The Morgan fingerprint density at radius 3 is 2.45 bits per heavy atom. The molecule has 2 unspecified atom stereocenters. The molecule has 0 amide bonds. The molecule has 118 valence electrons. The topological polar surface area (TPSA) is 35.5 Å². The number of aliphatic hydroxyl groups excluding tert-OH is 1. The van der Waals surface area contributed by atoms with E-state index in [-0.39, 0.29) is 5.54 Å². The van der Waals surface area contributed by atoms with Crippen LogP contribution in [0.2, 0.25) is 0 Å². The maximum absolute atomic E-state index is 9.84. The van der Waals surface area contributed by atoms with E-state index in [9.17, 15) is 5.11 Å². The quantitative estimate of drug-likeness (QED) is 0.753. The molecule has 2 aliphatic carbocycles. The Bertz CT molecular complexity index is 278. The predicted octanol–water partition coefficient (Wildman–Crippen LogP) is 2.92. The molecule has 20 heavy (non-hydrogen) atoms. The van der Waals surface area contributed by atoms with Crippen molar-refractivity contribution in [3.63, 3.8) is 0 Å². The molecule has 0 saturated heterocycles. The van der Waals surface area contributed by atoms with Crippen LogP contribution in [-0.4, -0.2) is 47.3 Å². The lowest BCUT2D eigenvalue weighted by Gasteiger charge is -2.39. The Hall–Kier alpha value is -0.120. The van der Waals surface area contributed by atoms with Gasteiger partial charge in [-0.2, -0.15) is 0 Å². The minimum atomic E-state index is 0.00274. The molecule has 3 heteroatoms. The van der Waals surface area contributed by atoms with E-state index in [4.69, 9.17) is 0 Å². The molecule has 0 aliphatic heterocycles. The van der Waals surface area contributed by atoms with Crippen LogP contribution in [0.5, 0.6) is 0 Å². The van der Waals surface area contributed by atoms with E-state index in [0.717, 1.165) is 31.8 Å². The fourth-order valence-corrected chi connectivity index (χ4v) is 4.36. The van der Waals surface area contributed by atoms with E-state index in [0.29, 0.717) is 12.6 Å². The van der Waals surface area contributed by atoms with Gasteiger partial charge in [-0.15, -0.1) is 0 Å². The van der Waals surface area contributed by atoms with Gasteiger partial charge in [0.15, 0.2) is 0 Å². The van der Waals surface area contributed by atoms with Gasteiger partial charge in [0.1, 0.15) is 0 Å². The zero-order valence-electron chi connectivity index (χ0n) is 13.5. The van der Waals surface area contributed by atoms with Gasteiger partial charge in [-0.3, -0.25) is 4.90 Å². The second-order valence-corrected chi connectivity index (χ2v) is 6.88. The van der Waals surface area contributed by atoms with Crippen LogP contribution in [0.1, 0.15) is 71.6 Å². The average Bonchev–Trinajstić information content (AvgIpc) is 2.92. The van der Waals surface area contributed by atoms with Gasteiger partial charge in [-0.1, -0.05) is 33.1 Å². The lowest BCUT2D eigenvalue weighted by Crippen LogP contribution is -2.49. The number of aliphatic hydroxyl groups is 1. The lowest BCUT2D eigenvalue weighted by atomic mass is 9.92. The third-order valence-electron chi connectivity index (χ3n) is 5.51. The second kappa shape index (κ2) is 7.77. The van der Waals surface area contributed by atoms with Crippen molar-refractivity contribution in [2.75, 3.05) is 19.7 Å². The third kappa shape index (κ3) is 3.75. The minimum Gasteiger partial charge on any atom is -0.394 e. The highest BCUT2D eigenvalue weighted by molar-refractivity contribution is 5.00. The maximum atomic E-state index is 9.84. The largest absolute Gasteiger partial charge is 0.394 e. The number of hydrogen-bond donors (Lipinski definition) is 2. The van der Waals surface area contributed by atoms with Crippen molar-refractivity contribution >= 4 is 0 Å². The SMILES string of the molecule is CCCNC1(CO)CCC(N(CC)C2CCCCC2)C1. The molecular formula is C17H34N2O. The smallest absolute Gasteiger partial charge is 0.0613 e. The molecule has 2 fully saturated rings. The summed E-state index contributed by atoms with van der Waals surface area (Å²) < 4.78 is 0. The van der Waals surface area contributed by atoms with E-state index in [1.54, 1.807) is 0 Å². The van der Waals surface area contributed by atoms with Gasteiger partial charge in [0, 0.05) is 17.6 Å². The molecule has 2 saturated carbocycles. The van der Waals surface area contributed by atoms with Gasteiger partial charge in [0.05, 0.1) is 6.61 Å². The highest BCUT2D eigenvalue weighted by Gasteiger charge is 2.41. The Labute approximate surface area is 125 Å². The zero-order chi connectivity index (χ0) is 14.4. The van der Waals surface area contributed by atoms with E-state index in [1.807, 2.05) is 0 Å². The summed E-state index contributed by atoms with van der Waals surface area (Å²) in [5.41, 5.74) is 0.00274. The van der Waals surface area contributed by atoms with Gasteiger partial charge in [0.25, 0.3) is 0 Å².